The summed E-state index contributed by atoms with van der Waals surface area (Å²) in [6.07, 6.45) is 4.30. The van der Waals surface area contributed by atoms with Crippen LogP contribution in [0.3, 0.4) is 0 Å². The highest BCUT2D eigenvalue weighted by Crippen LogP contribution is 2.18. The van der Waals surface area contributed by atoms with Gasteiger partial charge in [-0.15, -0.1) is 0 Å². The van der Waals surface area contributed by atoms with E-state index in [1.165, 1.54) is 18.4 Å². The van der Waals surface area contributed by atoms with E-state index in [9.17, 15) is 4.79 Å². The number of pyridine rings is 1. The van der Waals surface area contributed by atoms with Gasteiger partial charge in [0.2, 0.25) is 0 Å². The maximum atomic E-state index is 12.0. The number of hydrogen-bond donors (Lipinski definition) is 1. The first-order chi connectivity index (χ1) is 12.1. The van der Waals surface area contributed by atoms with Gasteiger partial charge >= 0.3 is 0 Å². The van der Waals surface area contributed by atoms with Crippen LogP contribution in [0.15, 0.2) is 36.5 Å². The van der Waals surface area contributed by atoms with E-state index in [1.807, 2.05) is 43.5 Å². The van der Waals surface area contributed by atoms with Crippen LogP contribution in [0.1, 0.15) is 29.5 Å². The van der Waals surface area contributed by atoms with Gasteiger partial charge < -0.3 is 15.0 Å². The Bertz CT molecular complexity index is 722. The van der Waals surface area contributed by atoms with E-state index in [1.54, 1.807) is 0 Å². The number of aryl methyl sites for hydroxylation is 2. The van der Waals surface area contributed by atoms with Crippen LogP contribution in [0, 0.1) is 13.8 Å². The number of aromatic nitrogens is 1. The second-order valence-electron chi connectivity index (χ2n) is 6.53. The Kier molecular flexibility index (Phi) is 5.53. The molecule has 25 heavy (non-hydrogen) atoms. The summed E-state index contributed by atoms with van der Waals surface area (Å²) in [6, 6.07) is 9.87. The molecular weight excluding hydrogens is 314 g/mol. The van der Waals surface area contributed by atoms with Gasteiger partial charge in [-0.25, -0.2) is 4.98 Å². The van der Waals surface area contributed by atoms with E-state index in [2.05, 4.69) is 22.1 Å². The van der Waals surface area contributed by atoms with E-state index < -0.39 is 0 Å². The first kappa shape index (κ1) is 17.3. The average molecular weight is 339 g/mol. The molecule has 1 aliphatic heterocycles. The Hall–Kier alpha value is -2.56. The smallest absolute Gasteiger partial charge is 0.258 e. The molecule has 132 valence electrons. The van der Waals surface area contributed by atoms with Gasteiger partial charge in [-0.2, -0.15) is 0 Å². The molecule has 2 aromatic rings. The van der Waals surface area contributed by atoms with Crippen LogP contribution < -0.4 is 15.0 Å². The van der Waals surface area contributed by atoms with E-state index in [0.717, 1.165) is 35.8 Å². The summed E-state index contributed by atoms with van der Waals surface area (Å²) < 4.78 is 5.54. The van der Waals surface area contributed by atoms with Gasteiger partial charge in [-0.1, -0.05) is 12.1 Å². The molecule has 0 aliphatic carbocycles. The van der Waals surface area contributed by atoms with Gasteiger partial charge in [0, 0.05) is 25.8 Å². The minimum absolute atomic E-state index is 0.0157. The topological polar surface area (TPSA) is 54.5 Å². The molecular formula is C20H25N3O2. The number of amides is 1. The Balaban J connectivity index is 1.44. The molecule has 0 saturated carbocycles. The first-order valence-corrected chi connectivity index (χ1v) is 8.78. The predicted octanol–water partition coefficient (Wildman–Crippen LogP) is 2.99. The summed E-state index contributed by atoms with van der Waals surface area (Å²) in [5, 5.41) is 2.87. The van der Waals surface area contributed by atoms with Crippen molar-refractivity contribution in [3.05, 3.63) is 53.2 Å². The number of benzene rings is 1. The fraction of sp³-hybridized carbons (Fsp3) is 0.400. The van der Waals surface area contributed by atoms with Crippen molar-refractivity contribution in [1.29, 1.82) is 0 Å². The number of rotatable bonds is 6. The first-order valence-electron chi connectivity index (χ1n) is 8.78. The SMILES string of the molecule is Cc1ccc(OCC(=O)NCc2ccc(N3CCCC3)nc2)cc1C. The molecule has 3 rings (SSSR count). The molecule has 0 bridgehead atoms. The van der Waals surface area contributed by atoms with Crippen molar-refractivity contribution in [2.75, 3.05) is 24.6 Å². The molecule has 2 heterocycles. The van der Waals surface area contributed by atoms with E-state index in [0.29, 0.717) is 6.54 Å². The molecule has 5 nitrogen and oxygen atoms in total. The van der Waals surface area contributed by atoms with Crippen LogP contribution in [0.2, 0.25) is 0 Å². The molecule has 1 N–H and O–H groups in total. The zero-order valence-corrected chi connectivity index (χ0v) is 14.9. The Labute approximate surface area is 149 Å². The van der Waals surface area contributed by atoms with E-state index in [4.69, 9.17) is 4.74 Å². The minimum atomic E-state index is -0.137. The van der Waals surface area contributed by atoms with Gasteiger partial charge in [0.05, 0.1) is 0 Å². The number of carbonyl (C=O) groups is 1. The van der Waals surface area contributed by atoms with Crippen molar-refractivity contribution in [2.24, 2.45) is 0 Å². The van der Waals surface area contributed by atoms with Crippen LogP contribution >= 0.6 is 0 Å². The molecule has 0 radical (unpaired) electrons. The molecule has 1 saturated heterocycles. The van der Waals surface area contributed by atoms with Crippen molar-refractivity contribution in [1.82, 2.24) is 10.3 Å². The lowest BCUT2D eigenvalue weighted by Crippen LogP contribution is -2.28. The number of carbonyl (C=O) groups excluding carboxylic acids is 1. The zero-order chi connectivity index (χ0) is 17.6. The third-order valence-electron chi connectivity index (χ3n) is 4.58. The third-order valence-corrected chi connectivity index (χ3v) is 4.58. The summed E-state index contributed by atoms with van der Waals surface area (Å²) >= 11 is 0. The largest absolute Gasteiger partial charge is 0.484 e. The molecule has 1 aromatic carbocycles. The minimum Gasteiger partial charge on any atom is -0.484 e. The van der Waals surface area contributed by atoms with Crippen molar-refractivity contribution in [2.45, 2.75) is 33.2 Å². The fourth-order valence-corrected chi connectivity index (χ4v) is 2.86. The quantitative estimate of drug-likeness (QED) is 0.879. The maximum absolute atomic E-state index is 12.0. The van der Waals surface area contributed by atoms with Crippen LogP contribution in [0.4, 0.5) is 5.82 Å². The Morgan fingerprint density at radius 1 is 1.16 bits per heavy atom. The molecule has 1 amide bonds. The van der Waals surface area contributed by atoms with Gasteiger partial charge in [-0.3, -0.25) is 4.79 Å². The third kappa shape index (κ3) is 4.72. The normalized spacial score (nSPS) is 13.8. The highest BCUT2D eigenvalue weighted by molar-refractivity contribution is 5.77. The standard InChI is InChI=1S/C20H25N3O2/c1-15-5-7-18(11-16(15)2)25-14-20(24)22-13-17-6-8-19(21-12-17)23-9-3-4-10-23/h5-8,11-12H,3-4,9-10,13-14H2,1-2H3,(H,22,24). The summed E-state index contributed by atoms with van der Waals surface area (Å²) in [5.74, 6) is 1.60. The van der Waals surface area contributed by atoms with Crippen molar-refractivity contribution in [3.63, 3.8) is 0 Å². The van der Waals surface area contributed by atoms with Gasteiger partial charge in [0.25, 0.3) is 5.91 Å². The molecule has 5 heteroatoms. The maximum Gasteiger partial charge on any atom is 0.258 e. The highest BCUT2D eigenvalue weighted by atomic mass is 16.5. The summed E-state index contributed by atoms with van der Waals surface area (Å²) in [5.41, 5.74) is 3.35. The second-order valence-corrected chi connectivity index (χ2v) is 6.53. The van der Waals surface area contributed by atoms with Crippen LogP contribution in [0.25, 0.3) is 0 Å². The molecule has 0 unspecified atom stereocenters. The second kappa shape index (κ2) is 8.01. The number of nitrogens with one attached hydrogen (secondary N) is 1. The van der Waals surface area contributed by atoms with Gasteiger partial charge in [0.15, 0.2) is 6.61 Å². The summed E-state index contributed by atoms with van der Waals surface area (Å²) in [6.45, 7) is 6.72. The average Bonchev–Trinajstić information content (AvgIpc) is 3.16. The van der Waals surface area contributed by atoms with Crippen molar-refractivity contribution >= 4 is 11.7 Å². The van der Waals surface area contributed by atoms with Crippen molar-refractivity contribution in [3.8, 4) is 5.75 Å². The molecule has 0 atom stereocenters. The Morgan fingerprint density at radius 3 is 2.64 bits per heavy atom. The molecule has 1 aromatic heterocycles. The number of nitrogens with zero attached hydrogens (tertiary/aromatic N) is 2. The summed E-state index contributed by atoms with van der Waals surface area (Å²) in [7, 11) is 0. The lowest BCUT2D eigenvalue weighted by atomic mass is 10.1. The summed E-state index contributed by atoms with van der Waals surface area (Å²) in [4.78, 5) is 18.7. The van der Waals surface area contributed by atoms with Crippen molar-refractivity contribution < 1.29 is 9.53 Å². The molecule has 0 spiro atoms. The number of hydrogen-bond acceptors (Lipinski definition) is 4. The lowest BCUT2D eigenvalue weighted by molar-refractivity contribution is -0.123. The molecule has 1 fully saturated rings. The number of ether oxygens (including phenoxy) is 1. The fourth-order valence-electron chi connectivity index (χ4n) is 2.86. The van der Waals surface area contributed by atoms with Gasteiger partial charge in [-0.05, 0) is 61.6 Å². The van der Waals surface area contributed by atoms with Gasteiger partial charge in [0.1, 0.15) is 11.6 Å². The zero-order valence-electron chi connectivity index (χ0n) is 14.9. The van der Waals surface area contributed by atoms with Crippen LogP contribution in [-0.2, 0) is 11.3 Å². The van der Waals surface area contributed by atoms with Crippen LogP contribution in [-0.4, -0.2) is 30.6 Å². The Morgan fingerprint density at radius 2 is 1.96 bits per heavy atom. The van der Waals surface area contributed by atoms with E-state index in [-0.39, 0.29) is 12.5 Å². The van der Waals surface area contributed by atoms with E-state index >= 15 is 0 Å². The monoisotopic (exact) mass is 339 g/mol. The molecule has 1 aliphatic rings. The van der Waals surface area contributed by atoms with Crippen LogP contribution in [0.5, 0.6) is 5.75 Å². The predicted molar refractivity (Wildman–Crippen MR) is 98.9 cm³/mol. The number of anilines is 1. The highest BCUT2D eigenvalue weighted by Gasteiger charge is 2.13. The lowest BCUT2D eigenvalue weighted by Gasteiger charge is -2.16.